The van der Waals surface area contributed by atoms with Crippen LogP contribution in [0.25, 0.3) is 0 Å². The Balaban J connectivity index is 1.62. The van der Waals surface area contributed by atoms with E-state index in [0.29, 0.717) is 27.8 Å². The standard InChI is InChI=1S/C18H18N2O2S/c21-17(16-6-3-7-23-16)14-4-1-2-5-15(14)18(22)20-10-12-8-19-9-13(12)11-20/h1-7,12-13,19H,8-11H2/t12-,13+. The zero-order valence-electron chi connectivity index (χ0n) is 12.7. The highest BCUT2D eigenvalue weighted by Gasteiger charge is 2.38. The van der Waals surface area contributed by atoms with Gasteiger partial charge in [-0.25, -0.2) is 0 Å². The third-order valence-electron chi connectivity index (χ3n) is 4.82. The van der Waals surface area contributed by atoms with Crippen molar-refractivity contribution in [1.82, 2.24) is 10.2 Å². The average Bonchev–Trinajstić information content (AvgIpc) is 3.29. The Kier molecular flexibility index (Phi) is 3.75. The molecule has 1 amide bonds. The SMILES string of the molecule is O=C(c1cccs1)c1ccccc1C(=O)N1C[C@H]2CNC[C@H]2C1. The van der Waals surface area contributed by atoms with E-state index in [0.717, 1.165) is 26.2 Å². The van der Waals surface area contributed by atoms with E-state index in [4.69, 9.17) is 0 Å². The predicted octanol–water partition coefficient (Wildman–Crippen LogP) is 2.27. The number of carbonyl (C=O) groups is 2. The van der Waals surface area contributed by atoms with Crippen molar-refractivity contribution < 1.29 is 9.59 Å². The summed E-state index contributed by atoms with van der Waals surface area (Å²) >= 11 is 1.41. The van der Waals surface area contributed by atoms with Gasteiger partial charge in [-0.15, -0.1) is 11.3 Å². The van der Waals surface area contributed by atoms with E-state index in [-0.39, 0.29) is 11.7 Å². The minimum atomic E-state index is -0.0648. The molecule has 2 aliphatic rings. The van der Waals surface area contributed by atoms with Crippen LogP contribution in [0.2, 0.25) is 0 Å². The second kappa shape index (κ2) is 5.91. The van der Waals surface area contributed by atoms with Gasteiger partial charge in [0.25, 0.3) is 5.91 Å². The third-order valence-corrected chi connectivity index (χ3v) is 5.69. The summed E-state index contributed by atoms with van der Waals surface area (Å²) in [6.07, 6.45) is 0. The van der Waals surface area contributed by atoms with Crippen LogP contribution in [0.5, 0.6) is 0 Å². The number of hydrogen-bond acceptors (Lipinski definition) is 4. The summed E-state index contributed by atoms with van der Waals surface area (Å²) < 4.78 is 0. The lowest BCUT2D eigenvalue weighted by atomic mass is 10.0. The zero-order valence-corrected chi connectivity index (χ0v) is 13.5. The quantitative estimate of drug-likeness (QED) is 0.880. The maximum atomic E-state index is 12.9. The van der Waals surface area contributed by atoms with E-state index in [1.165, 1.54) is 11.3 Å². The molecular weight excluding hydrogens is 308 g/mol. The van der Waals surface area contributed by atoms with Crippen molar-refractivity contribution in [2.45, 2.75) is 0 Å². The summed E-state index contributed by atoms with van der Waals surface area (Å²) in [6.45, 7) is 3.56. The molecule has 0 aliphatic carbocycles. The summed E-state index contributed by atoms with van der Waals surface area (Å²) in [5.41, 5.74) is 1.04. The Morgan fingerprint density at radius 1 is 1.00 bits per heavy atom. The molecule has 0 spiro atoms. The number of ketones is 1. The molecule has 1 N–H and O–H groups in total. The van der Waals surface area contributed by atoms with Crippen molar-refractivity contribution in [3.8, 4) is 0 Å². The van der Waals surface area contributed by atoms with E-state index in [1.807, 2.05) is 28.5 Å². The first kappa shape index (κ1) is 14.6. The third kappa shape index (κ3) is 2.60. The zero-order chi connectivity index (χ0) is 15.8. The Bertz CT molecular complexity index is 729. The van der Waals surface area contributed by atoms with Crippen LogP contribution in [-0.2, 0) is 0 Å². The molecule has 2 aliphatic heterocycles. The highest BCUT2D eigenvalue weighted by Crippen LogP contribution is 2.28. The van der Waals surface area contributed by atoms with E-state index in [1.54, 1.807) is 18.2 Å². The molecule has 5 heteroatoms. The lowest BCUT2D eigenvalue weighted by Gasteiger charge is -2.19. The Morgan fingerprint density at radius 3 is 2.35 bits per heavy atom. The lowest BCUT2D eigenvalue weighted by molar-refractivity contribution is 0.0777. The van der Waals surface area contributed by atoms with Gasteiger partial charge in [-0.2, -0.15) is 0 Å². The smallest absolute Gasteiger partial charge is 0.254 e. The first-order valence-corrected chi connectivity index (χ1v) is 8.79. The summed E-state index contributed by atoms with van der Waals surface area (Å²) in [4.78, 5) is 28.2. The number of rotatable bonds is 3. The van der Waals surface area contributed by atoms with Crippen LogP contribution < -0.4 is 5.32 Å². The largest absolute Gasteiger partial charge is 0.338 e. The van der Waals surface area contributed by atoms with Crippen molar-refractivity contribution in [3.63, 3.8) is 0 Å². The molecule has 23 heavy (non-hydrogen) atoms. The Morgan fingerprint density at radius 2 is 1.70 bits per heavy atom. The molecule has 2 saturated heterocycles. The van der Waals surface area contributed by atoms with Gasteiger partial charge in [0.2, 0.25) is 5.78 Å². The summed E-state index contributed by atoms with van der Waals surface area (Å²) in [6, 6.07) is 10.8. The van der Waals surface area contributed by atoms with E-state index in [2.05, 4.69) is 5.32 Å². The van der Waals surface area contributed by atoms with E-state index >= 15 is 0 Å². The number of thiophene rings is 1. The minimum Gasteiger partial charge on any atom is -0.338 e. The maximum Gasteiger partial charge on any atom is 0.254 e. The molecular formula is C18H18N2O2S. The number of likely N-dealkylation sites (tertiary alicyclic amines) is 1. The molecule has 0 radical (unpaired) electrons. The molecule has 1 aromatic carbocycles. The Hall–Kier alpha value is -1.98. The first-order valence-electron chi connectivity index (χ1n) is 7.91. The van der Waals surface area contributed by atoms with Crippen LogP contribution >= 0.6 is 11.3 Å². The van der Waals surface area contributed by atoms with Crippen LogP contribution in [0.3, 0.4) is 0 Å². The molecule has 3 heterocycles. The number of amides is 1. The van der Waals surface area contributed by atoms with Gasteiger partial charge >= 0.3 is 0 Å². The minimum absolute atomic E-state index is 0.0140. The summed E-state index contributed by atoms with van der Waals surface area (Å²) in [5, 5.41) is 5.26. The number of hydrogen-bond donors (Lipinski definition) is 1. The fourth-order valence-corrected chi connectivity index (χ4v) is 4.28. The predicted molar refractivity (Wildman–Crippen MR) is 89.9 cm³/mol. The fourth-order valence-electron chi connectivity index (χ4n) is 3.60. The number of carbonyl (C=O) groups excluding carboxylic acids is 2. The van der Waals surface area contributed by atoms with Crippen LogP contribution in [-0.4, -0.2) is 42.8 Å². The average molecular weight is 326 g/mol. The highest BCUT2D eigenvalue weighted by molar-refractivity contribution is 7.12. The van der Waals surface area contributed by atoms with Gasteiger partial charge in [-0.05, 0) is 29.3 Å². The van der Waals surface area contributed by atoms with Gasteiger partial charge in [0.1, 0.15) is 0 Å². The number of nitrogens with one attached hydrogen (secondary N) is 1. The van der Waals surface area contributed by atoms with Crippen molar-refractivity contribution in [3.05, 3.63) is 57.8 Å². The van der Waals surface area contributed by atoms with Gasteiger partial charge < -0.3 is 10.2 Å². The van der Waals surface area contributed by atoms with E-state index in [9.17, 15) is 9.59 Å². The van der Waals surface area contributed by atoms with Gasteiger partial charge in [0.05, 0.1) is 10.4 Å². The number of fused-ring (bicyclic) bond motifs is 1. The molecule has 0 unspecified atom stereocenters. The molecule has 1 aromatic heterocycles. The lowest BCUT2D eigenvalue weighted by Crippen LogP contribution is -2.32. The topological polar surface area (TPSA) is 49.4 Å². The van der Waals surface area contributed by atoms with Crippen LogP contribution in [0.1, 0.15) is 25.6 Å². The van der Waals surface area contributed by atoms with Crippen LogP contribution in [0.4, 0.5) is 0 Å². The number of nitrogens with zero attached hydrogens (tertiary/aromatic N) is 1. The molecule has 0 saturated carbocycles. The first-order chi connectivity index (χ1) is 11.2. The van der Waals surface area contributed by atoms with Crippen LogP contribution in [0.15, 0.2) is 41.8 Å². The molecule has 4 rings (SSSR count). The van der Waals surface area contributed by atoms with Crippen molar-refractivity contribution in [1.29, 1.82) is 0 Å². The maximum absolute atomic E-state index is 12.9. The Labute approximate surface area is 139 Å². The second-order valence-corrected chi connectivity index (χ2v) is 7.19. The highest BCUT2D eigenvalue weighted by atomic mass is 32.1. The fraction of sp³-hybridized carbons (Fsp3) is 0.333. The van der Waals surface area contributed by atoms with E-state index < -0.39 is 0 Å². The molecule has 2 fully saturated rings. The summed E-state index contributed by atoms with van der Waals surface area (Å²) in [7, 11) is 0. The van der Waals surface area contributed by atoms with Crippen molar-refractivity contribution in [2.75, 3.05) is 26.2 Å². The van der Waals surface area contributed by atoms with Gasteiger partial charge in [0, 0.05) is 31.7 Å². The molecule has 0 bridgehead atoms. The van der Waals surface area contributed by atoms with Gasteiger partial charge in [-0.3, -0.25) is 9.59 Å². The normalized spacial score (nSPS) is 23.0. The molecule has 2 aromatic rings. The molecule has 4 nitrogen and oxygen atoms in total. The molecule has 2 atom stereocenters. The van der Waals surface area contributed by atoms with Crippen molar-refractivity contribution >= 4 is 23.0 Å². The number of benzene rings is 1. The van der Waals surface area contributed by atoms with Gasteiger partial charge in [0.15, 0.2) is 0 Å². The monoisotopic (exact) mass is 326 g/mol. The second-order valence-electron chi connectivity index (χ2n) is 6.24. The molecule has 118 valence electrons. The summed E-state index contributed by atoms with van der Waals surface area (Å²) in [5.74, 6) is 1.03. The van der Waals surface area contributed by atoms with Crippen LogP contribution in [0, 0.1) is 11.8 Å². The van der Waals surface area contributed by atoms with Crippen molar-refractivity contribution in [2.24, 2.45) is 11.8 Å². The van der Waals surface area contributed by atoms with Gasteiger partial charge in [-0.1, -0.05) is 24.3 Å².